The Morgan fingerprint density at radius 3 is 2.95 bits per heavy atom. The van der Waals surface area contributed by atoms with Crippen LogP contribution in [0.3, 0.4) is 0 Å². The van der Waals surface area contributed by atoms with Gasteiger partial charge in [0.05, 0.1) is 0 Å². The molecule has 116 valence electrons. The topological polar surface area (TPSA) is 41.3 Å². The highest BCUT2D eigenvalue weighted by molar-refractivity contribution is 5.57. The molecule has 3 heteroatoms. The maximum absolute atomic E-state index is 5.90. The summed E-state index contributed by atoms with van der Waals surface area (Å²) in [6.45, 7) is 4.33. The summed E-state index contributed by atoms with van der Waals surface area (Å²) in [5, 5.41) is 3.76. The normalized spacial score (nSPS) is 25.1. The molecule has 0 aromatic heterocycles. The molecule has 3 nitrogen and oxygen atoms in total. The van der Waals surface area contributed by atoms with Gasteiger partial charge < -0.3 is 16.0 Å². The first-order chi connectivity index (χ1) is 10.4. The number of rotatable bonds is 6. The number of fused-ring (bicyclic) bond motifs is 1. The van der Waals surface area contributed by atoms with Crippen LogP contribution in [0.4, 0.5) is 5.69 Å². The molecular formula is C18H29N3. The Labute approximate surface area is 128 Å². The lowest BCUT2D eigenvalue weighted by Gasteiger charge is -2.31. The summed E-state index contributed by atoms with van der Waals surface area (Å²) in [7, 11) is 0. The molecule has 0 amide bonds. The average Bonchev–Trinajstić information content (AvgIpc) is 2.95. The molecule has 21 heavy (non-hydrogen) atoms. The van der Waals surface area contributed by atoms with Crippen LogP contribution in [0.1, 0.15) is 37.7 Å². The smallest absolute Gasteiger partial charge is 0.0399 e. The molecule has 1 aromatic rings. The minimum Gasteiger partial charge on any atom is -0.371 e. The highest BCUT2D eigenvalue weighted by atomic mass is 15.1. The predicted molar refractivity (Wildman–Crippen MR) is 89.8 cm³/mol. The summed E-state index contributed by atoms with van der Waals surface area (Å²) in [6.07, 6.45) is 7.80. The lowest BCUT2D eigenvalue weighted by molar-refractivity contribution is 0.268. The van der Waals surface area contributed by atoms with Gasteiger partial charge in [0.2, 0.25) is 0 Å². The Balaban J connectivity index is 1.41. The van der Waals surface area contributed by atoms with E-state index >= 15 is 0 Å². The zero-order chi connectivity index (χ0) is 14.5. The molecule has 1 aromatic carbocycles. The number of nitrogens with two attached hydrogens (primary N) is 1. The van der Waals surface area contributed by atoms with Gasteiger partial charge in [-0.3, -0.25) is 0 Å². The van der Waals surface area contributed by atoms with Gasteiger partial charge in [-0.1, -0.05) is 31.0 Å². The third-order valence-corrected chi connectivity index (χ3v) is 5.21. The third-order valence-electron chi connectivity index (χ3n) is 5.21. The van der Waals surface area contributed by atoms with Crippen molar-refractivity contribution in [3.63, 3.8) is 0 Å². The monoisotopic (exact) mass is 287 g/mol. The van der Waals surface area contributed by atoms with Crippen LogP contribution in [0.15, 0.2) is 24.3 Å². The molecule has 0 spiro atoms. The quantitative estimate of drug-likeness (QED) is 0.790. The molecule has 1 heterocycles. The average molecular weight is 287 g/mol. The number of anilines is 1. The highest BCUT2D eigenvalue weighted by Gasteiger charge is 2.23. The van der Waals surface area contributed by atoms with Crippen LogP contribution >= 0.6 is 0 Å². The summed E-state index contributed by atoms with van der Waals surface area (Å²) < 4.78 is 0. The summed E-state index contributed by atoms with van der Waals surface area (Å²) in [6, 6.07) is 9.50. The second-order valence-corrected chi connectivity index (χ2v) is 6.56. The molecule has 1 aliphatic heterocycles. The maximum atomic E-state index is 5.90. The van der Waals surface area contributed by atoms with Crippen LogP contribution in [0, 0.1) is 5.92 Å². The second kappa shape index (κ2) is 7.28. The van der Waals surface area contributed by atoms with Gasteiger partial charge in [-0.2, -0.15) is 0 Å². The zero-order valence-corrected chi connectivity index (χ0v) is 13.1. The number of hydrogen-bond acceptors (Lipinski definition) is 3. The number of nitrogens with one attached hydrogen (secondary N) is 1. The van der Waals surface area contributed by atoms with Crippen LogP contribution in [0.2, 0.25) is 0 Å². The first-order valence-corrected chi connectivity index (χ1v) is 8.65. The van der Waals surface area contributed by atoms with E-state index in [2.05, 4.69) is 34.5 Å². The van der Waals surface area contributed by atoms with Crippen LogP contribution in [-0.2, 0) is 6.42 Å². The second-order valence-electron chi connectivity index (χ2n) is 6.56. The number of hydrogen-bond donors (Lipinski definition) is 2. The molecule has 3 rings (SSSR count). The first kappa shape index (κ1) is 14.9. The minimum atomic E-state index is 0.662. The molecular weight excluding hydrogens is 258 g/mol. The molecule has 0 radical (unpaired) electrons. The fourth-order valence-electron chi connectivity index (χ4n) is 3.95. The lowest BCUT2D eigenvalue weighted by Crippen LogP contribution is -2.42. The van der Waals surface area contributed by atoms with E-state index in [0.29, 0.717) is 12.0 Å². The highest BCUT2D eigenvalue weighted by Crippen LogP contribution is 2.27. The Hall–Kier alpha value is -1.06. The van der Waals surface area contributed by atoms with Gasteiger partial charge in [-0.15, -0.1) is 0 Å². The van der Waals surface area contributed by atoms with Crippen LogP contribution in [0.5, 0.6) is 0 Å². The first-order valence-electron chi connectivity index (χ1n) is 8.65. The van der Waals surface area contributed by atoms with Crippen LogP contribution in [0.25, 0.3) is 0 Å². The summed E-state index contributed by atoms with van der Waals surface area (Å²) in [5.74, 6) is 0.700. The number of benzene rings is 1. The van der Waals surface area contributed by atoms with E-state index in [1.807, 2.05) is 0 Å². The molecule has 1 fully saturated rings. The van der Waals surface area contributed by atoms with Gasteiger partial charge in [0.15, 0.2) is 0 Å². The van der Waals surface area contributed by atoms with E-state index in [1.54, 1.807) is 0 Å². The predicted octanol–water partition coefficient (Wildman–Crippen LogP) is 2.55. The van der Waals surface area contributed by atoms with Crippen molar-refractivity contribution in [3.8, 4) is 0 Å². The molecule has 2 unspecified atom stereocenters. The molecule has 0 saturated heterocycles. The van der Waals surface area contributed by atoms with E-state index in [0.717, 1.165) is 13.1 Å². The molecule has 1 saturated carbocycles. The van der Waals surface area contributed by atoms with E-state index < -0.39 is 0 Å². The van der Waals surface area contributed by atoms with Crippen molar-refractivity contribution in [3.05, 3.63) is 29.8 Å². The molecule has 2 aliphatic rings. The summed E-state index contributed by atoms with van der Waals surface area (Å²) >= 11 is 0. The van der Waals surface area contributed by atoms with E-state index in [1.165, 1.54) is 62.9 Å². The zero-order valence-electron chi connectivity index (χ0n) is 13.1. The van der Waals surface area contributed by atoms with Crippen molar-refractivity contribution in [1.29, 1.82) is 0 Å². The van der Waals surface area contributed by atoms with E-state index in [9.17, 15) is 0 Å². The van der Waals surface area contributed by atoms with E-state index in [4.69, 9.17) is 5.73 Å². The van der Waals surface area contributed by atoms with Gasteiger partial charge in [0.25, 0.3) is 0 Å². The van der Waals surface area contributed by atoms with Crippen molar-refractivity contribution in [2.45, 2.75) is 44.6 Å². The molecule has 3 N–H and O–H groups in total. The van der Waals surface area contributed by atoms with Gasteiger partial charge in [-0.05, 0) is 56.3 Å². The van der Waals surface area contributed by atoms with Crippen molar-refractivity contribution in [1.82, 2.24) is 5.32 Å². The van der Waals surface area contributed by atoms with Crippen molar-refractivity contribution < 1.29 is 0 Å². The minimum absolute atomic E-state index is 0.662. The number of nitrogens with zero attached hydrogens (tertiary/aromatic N) is 1. The fraction of sp³-hybridized carbons (Fsp3) is 0.667. The lowest BCUT2D eigenvalue weighted by atomic mass is 9.84. The fourth-order valence-corrected chi connectivity index (χ4v) is 3.95. The van der Waals surface area contributed by atoms with E-state index in [-0.39, 0.29) is 0 Å². The Morgan fingerprint density at radius 2 is 2.05 bits per heavy atom. The third kappa shape index (κ3) is 3.58. The maximum Gasteiger partial charge on any atom is 0.0399 e. The Bertz CT molecular complexity index is 446. The molecule has 2 atom stereocenters. The van der Waals surface area contributed by atoms with Gasteiger partial charge in [0.1, 0.15) is 0 Å². The number of para-hydroxylation sites is 1. The Morgan fingerprint density at radius 1 is 1.19 bits per heavy atom. The van der Waals surface area contributed by atoms with Crippen molar-refractivity contribution >= 4 is 5.69 Å². The summed E-state index contributed by atoms with van der Waals surface area (Å²) in [4.78, 5) is 2.54. The molecule has 1 aliphatic carbocycles. The standard InChI is InChI=1S/C18H29N3/c19-14-16-7-1-3-8-17(16)20-11-5-12-21-13-10-15-6-2-4-9-18(15)21/h2,4,6,9,16-17,20H,1,3,5,7-8,10-14,19H2. The summed E-state index contributed by atoms with van der Waals surface area (Å²) in [5.41, 5.74) is 8.87. The van der Waals surface area contributed by atoms with Gasteiger partial charge >= 0.3 is 0 Å². The van der Waals surface area contributed by atoms with Gasteiger partial charge in [0, 0.05) is 24.8 Å². The largest absolute Gasteiger partial charge is 0.371 e. The van der Waals surface area contributed by atoms with Crippen LogP contribution < -0.4 is 16.0 Å². The van der Waals surface area contributed by atoms with Crippen molar-refractivity contribution in [2.24, 2.45) is 11.7 Å². The van der Waals surface area contributed by atoms with Crippen molar-refractivity contribution in [2.75, 3.05) is 31.1 Å². The van der Waals surface area contributed by atoms with Crippen LogP contribution in [-0.4, -0.2) is 32.2 Å². The molecule has 0 bridgehead atoms. The van der Waals surface area contributed by atoms with Gasteiger partial charge in [-0.25, -0.2) is 0 Å². The SMILES string of the molecule is NCC1CCCCC1NCCCN1CCc2ccccc21. The Kier molecular flexibility index (Phi) is 5.15.